The van der Waals surface area contributed by atoms with E-state index in [1.807, 2.05) is 0 Å². The van der Waals surface area contributed by atoms with E-state index < -0.39 is 60.5 Å². The number of anilines is 1. The second-order valence-electron chi connectivity index (χ2n) is 6.31. The van der Waals surface area contributed by atoms with Crippen LogP contribution in [0.3, 0.4) is 0 Å². The van der Waals surface area contributed by atoms with E-state index in [0.29, 0.717) is 0 Å². The third-order valence-electron chi connectivity index (χ3n) is 4.58. The Hall–Kier alpha value is -1.97. The summed E-state index contributed by atoms with van der Waals surface area (Å²) in [6.45, 7) is -1.88. The topological polar surface area (TPSA) is 204 Å². The molecule has 0 spiro atoms. The summed E-state index contributed by atoms with van der Waals surface area (Å²) in [5.41, 5.74) is 4.92. The Bertz CT molecular complexity index is 768. The van der Waals surface area contributed by atoms with Gasteiger partial charge in [0.25, 0.3) is 11.4 Å². The minimum absolute atomic E-state index is 0.000666. The molecule has 13 heteroatoms. The Morgan fingerprint density at radius 1 is 1.30 bits per heavy atom. The van der Waals surface area contributed by atoms with E-state index in [1.165, 1.54) is 6.34 Å². The molecule has 1 saturated heterocycles. The van der Waals surface area contributed by atoms with E-state index in [2.05, 4.69) is 15.0 Å². The van der Waals surface area contributed by atoms with Gasteiger partial charge in [-0.05, 0) is 0 Å². The molecular formula is C14H22N5O8+. The number of fused-ring (bicyclic) bond motifs is 1. The number of aliphatic hydroxyl groups excluding tert-OH is 5. The first-order valence-corrected chi connectivity index (χ1v) is 8.16. The number of nitrogens with zero attached hydrogens (tertiary/aromatic N) is 3. The molecule has 3 rings (SSSR count). The molecule has 0 aliphatic carbocycles. The Kier molecular flexibility index (Phi) is 5.55. The number of aliphatic hydroxyl groups is 5. The molecule has 0 bridgehead atoms. The first-order valence-electron chi connectivity index (χ1n) is 8.16. The lowest BCUT2D eigenvalue weighted by atomic mass is 10.1. The van der Waals surface area contributed by atoms with E-state index in [0.717, 1.165) is 0 Å². The van der Waals surface area contributed by atoms with Gasteiger partial charge in [0, 0.05) is 0 Å². The minimum Gasteiger partial charge on any atom is -0.394 e. The zero-order valence-corrected chi connectivity index (χ0v) is 14.2. The normalized spacial score (nSPS) is 32.4. The van der Waals surface area contributed by atoms with E-state index in [9.17, 15) is 30.3 Å². The van der Waals surface area contributed by atoms with Crippen LogP contribution in [0.25, 0.3) is 0 Å². The average Bonchev–Trinajstić information content (AvgIpc) is 3.15. The van der Waals surface area contributed by atoms with E-state index in [-0.39, 0.29) is 24.2 Å². The van der Waals surface area contributed by atoms with Crippen LogP contribution in [-0.4, -0.2) is 99.0 Å². The standard InChI is InChI=1S/C14H21N5O8/c15-14-17-11-8(12(25)18-14)16-4-19(11,5-26-6(1-20)2-21)13-10(24)9(23)7(3-22)27-13/h4,6-7,9-10,13,20-24H,1-3,5H2,(H2-,15,17,18,25)/p+1/t7-,9-,10-,13-,19?/m1/s1. The number of hydrogen-bond donors (Lipinski definition) is 7. The molecule has 2 aliphatic heterocycles. The summed E-state index contributed by atoms with van der Waals surface area (Å²) in [5, 5.41) is 48.4. The van der Waals surface area contributed by atoms with Crippen LogP contribution in [0.4, 0.5) is 17.5 Å². The van der Waals surface area contributed by atoms with Crippen molar-refractivity contribution in [1.29, 1.82) is 0 Å². The van der Waals surface area contributed by atoms with Gasteiger partial charge in [-0.2, -0.15) is 14.5 Å². The molecule has 1 aromatic rings. The number of quaternary nitrogens is 1. The van der Waals surface area contributed by atoms with Crippen LogP contribution < -0.4 is 15.8 Å². The highest BCUT2D eigenvalue weighted by atomic mass is 16.6. The molecule has 27 heavy (non-hydrogen) atoms. The number of aromatic nitrogens is 2. The van der Waals surface area contributed by atoms with Gasteiger partial charge >= 0.3 is 0 Å². The van der Waals surface area contributed by atoms with Crippen molar-refractivity contribution in [1.82, 2.24) is 14.5 Å². The number of nitrogens with two attached hydrogens (primary N) is 1. The lowest BCUT2D eigenvalue weighted by Crippen LogP contribution is -2.61. The fourth-order valence-corrected chi connectivity index (χ4v) is 3.10. The maximum absolute atomic E-state index is 12.1. The number of nitrogens with one attached hydrogen (secondary N) is 1. The van der Waals surface area contributed by atoms with Crippen LogP contribution >= 0.6 is 0 Å². The summed E-state index contributed by atoms with van der Waals surface area (Å²) < 4.78 is 10.5. The summed E-state index contributed by atoms with van der Waals surface area (Å²) in [4.78, 5) is 22.5. The van der Waals surface area contributed by atoms with Crippen LogP contribution in [0.5, 0.6) is 0 Å². The molecule has 3 heterocycles. The summed E-state index contributed by atoms with van der Waals surface area (Å²) in [6.07, 6.45) is -4.92. The van der Waals surface area contributed by atoms with Gasteiger partial charge < -0.3 is 40.7 Å². The molecular weight excluding hydrogens is 366 g/mol. The Morgan fingerprint density at radius 3 is 2.59 bits per heavy atom. The molecule has 0 radical (unpaired) electrons. The fraction of sp³-hybridized carbons (Fsp3) is 0.643. The van der Waals surface area contributed by atoms with Gasteiger partial charge in [0.2, 0.25) is 24.2 Å². The van der Waals surface area contributed by atoms with E-state index in [4.69, 9.17) is 15.2 Å². The number of ether oxygens (including phenoxy) is 2. The zero-order valence-electron chi connectivity index (χ0n) is 14.2. The molecule has 1 fully saturated rings. The van der Waals surface area contributed by atoms with Crippen molar-refractivity contribution in [2.24, 2.45) is 4.99 Å². The molecule has 0 amide bonds. The first kappa shape index (κ1) is 19.8. The second-order valence-corrected chi connectivity index (χ2v) is 6.31. The Balaban J connectivity index is 2.06. The predicted molar refractivity (Wildman–Crippen MR) is 90.9 cm³/mol. The van der Waals surface area contributed by atoms with Crippen molar-refractivity contribution in [2.75, 3.05) is 32.3 Å². The smallest absolute Gasteiger partial charge is 0.284 e. The molecule has 0 aromatic carbocycles. The van der Waals surface area contributed by atoms with Crippen molar-refractivity contribution < 1.29 is 35.0 Å². The van der Waals surface area contributed by atoms with Gasteiger partial charge in [-0.1, -0.05) is 0 Å². The van der Waals surface area contributed by atoms with Crippen molar-refractivity contribution in [3.05, 3.63) is 10.4 Å². The molecule has 8 N–H and O–H groups in total. The summed E-state index contributed by atoms with van der Waals surface area (Å²) in [6, 6.07) is 0. The van der Waals surface area contributed by atoms with Crippen molar-refractivity contribution in [3.63, 3.8) is 0 Å². The van der Waals surface area contributed by atoms with Crippen LogP contribution in [0.2, 0.25) is 0 Å². The van der Waals surface area contributed by atoms with Crippen LogP contribution in [0.15, 0.2) is 9.79 Å². The van der Waals surface area contributed by atoms with Gasteiger partial charge in [-0.15, -0.1) is 0 Å². The van der Waals surface area contributed by atoms with Gasteiger partial charge in [0.1, 0.15) is 18.3 Å². The van der Waals surface area contributed by atoms with Gasteiger partial charge in [0.15, 0.2) is 12.8 Å². The maximum Gasteiger partial charge on any atom is 0.284 e. The van der Waals surface area contributed by atoms with E-state index in [1.54, 1.807) is 0 Å². The zero-order chi connectivity index (χ0) is 19.8. The van der Waals surface area contributed by atoms with Crippen molar-refractivity contribution >= 4 is 23.8 Å². The highest BCUT2D eigenvalue weighted by Gasteiger charge is 2.58. The highest BCUT2D eigenvalue weighted by molar-refractivity contribution is 5.86. The average molecular weight is 388 g/mol. The van der Waals surface area contributed by atoms with Crippen LogP contribution in [-0.2, 0) is 9.47 Å². The van der Waals surface area contributed by atoms with Gasteiger partial charge in [0.05, 0.1) is 19.8 Å². The Morgan fingerprint density at radius 2 is 2.00 bits per heavy atom. The van der Waals surface area contributed by atoms with Crippen molar-refractivity contribution in [2.45, 2.75) is 30.6 Å². The summed E-state index contributed by atoms with van der Waals surface area (Å²) >= 11 is 0. The number of rotatable bonds is 7. The summed E-state index contributed by atoms with van der Waals surface area (Å²) in [7, 11) is 0. The number of aromatic amines is 1. The number of nitrogen functional groups attached to an aromatic ring is 1. The lowest BCUT2D eigenvalue weighted by Gasteiger charge is -2.36. The van der Waals surface area contributed by atoms with Crippen LogP contribution in [0.1, 0.15) is 0 Å². The molecule has 1 unspecified atom stereocenters. The van der Waals surface area contributed by atoms with Crippen molar-refractivity contribution in [3.8, 4) is 0 Å². The molecule has 150 valence electrons. The molecule has 5 atom stereocenters. The first-order chi connectivity index (χ1) is 12.9. The highest BCUT2D eigenvalue weighted by Crippen LogP contribution is 2.40. The minimum atomic E-state index is -1.48. The second kappa shape index (κ2) is 7.57. The monoisotopic (exact) mass is 388 g/mol. The third-order valence-corrected chi connectivity index (χ3v) is 4.58. The van der Waals surface area contributed by atoms with Crippen LogP contribution in [0, 0.1) is 0 Å². The number of aliphatic imine (C=N–C) groups is 1. The molecule has 13 nitrogen and oxygen atoms in total. The van der Waals surface area contributed by atoms with Gasteiger partial charge in [-0.25, -0.2) is 0 Å². The number of H-pyrrole nitrogens is 1. The molecule has 0 saturated carbocycles. The predicted octanol–water partition coefficient (Wildman–Crippen LogP) is -3.90. The third kappa shape index (κ3) is 3.24. The SMILES string of the molecule is Nc1nc2c(c(=O)[nH]1)N=C[N+]2(COC(CO)CO)[C@@H]1O[C@H](CO)[C@@H](O)[C@H]1O. The Labute approximate surface area is 152 Å². The largest absolute Gasteiger partial charge is 0.394 e. The fourth-order valence-electron chi connectivity index (χ4n) is 3.10. The molecule has 2 aliphatic rings. The quantitative estimate of drug-likeness (QED) is 0.226. The van der Waals surface area contributed by atoms with Gasteiger partial charge in [-0.3, -0.25) is 9.78 Å². The lowest BCUT2D eigenvalue weighted by molar-refractivity contribution is -0.118. The van der Waals surface area contributed by atoms with E-state index >= 15 is 0 Å². The molecule has 1 aromatic heterocycles. The number of hydrogen-bond acceptors (Lipinski definition) is 11. The summed E-state index contributed by atoms with van der Waals surface area (Å²) in [5.74, 6) is -0.208. The maximum atomic E-state index is 12.1.